The van der Waals surface area contributed by atoms with Crippen molar-refractivity contribution in [3.05, 3.63) is 47.1 Å². The van der Waals surface area contributed by atoms with Crippen LogP contribution in [0.25, 0.3) is 22.0 Å². The molecule has 0 bridgehead atoms. The minimum absolute atomic E-state index is 0.138. The molecule has 1 aliphatic heterocycles. The van der Waals surface area contributed by atoms with Crippen LogP contribution in [0.15, 0.2) is 37.1 Å². The molecular formula is C28H31Cl2N5O4. The number of methoxy groups -OCH3 is 2. The van der Waals surface area contributed by atoms with Crippen molar-refractivity contribution in [2.24, 2.45) is 5.92 Å². The molecule has 11 heteroatoms. The number of fused-ring (bicyclic) bond motifs is 1. The van der Waals surface area contributed by atoms with E-state index in [1.54, 1.807) is 26.5 Å². The Morgan fingerprint density at radius 2 is 1.85 bits per heavy atom. The number of amides is 1. The lowest BCUT2D eigenvalue weighted by atomic mass is 10.1. The Morgan fingerprint density at radius 3 is 2.49 bits per heavy atom. The van der Waals surface area contributed by atoms with E-state index in [2.05, 4.69) is 27.1 Å². The summed E-state index contributed by atoms with van der Waals surface area (Å²) < 4.78 is 16.6. The van der Waals surface area contributed by atoms with Crippen molar-refractivity contribution in [1.82, 2.24) is 15.3 Å². The highest BCUT2D eigenvalue weighted by molar-refractivity contribution is 6.41. The number of anilines is 2. The second-order valence-electron chi connectivity index (χ2n) is 9.84. The number of aromatic nitrogens is 2. The molecule has 9 nitrogen and oxygen atoms in total. The number of benzene rings is 1. The number of nitrogens with zero attached hydrogens (tertiary/aromatic N) is 3. The molecule has 2 aromatic heterocycles. The average Bonchev–Trinajstić information content (AvgIpc) is 3.65. The maximum Gasteiger partial charge on any atom is 0.243 e. The summed E-state index contributed by atoms with van der Waals surface area (Å²) in [5.41, 5.74) is 1.12. The second kappa shape index (κ2) is 11.5. The van der Waals surface area contributed by atoms with Gasteiger partial charge in [-0.15, -0.1) is 0 Å². The second-order valence-corrected chi connectivity index (χ2v) is 10.6. The van der Waals surface area contributed by atoms with Gasteiger partial charge < -0.3 is 29.7 Å². The highest BCUT2D eigenvalue weighted by Gasteiger charge is 2.30. The summed E-state index contributed by atoms with van der Waals surface area (Å²) in [6.07, 6.45) is 5.47. The molecule has 2 fully saturated rings. The van der Waals surface area contributed by atoms with E-state index in [0.717, 1.165) is 23.1 Å². The predicted octanol–water partition coefficient (Wildman–Crippen LogP) is 4.95. The van der Waals surface area contributed by atoms with Crippen LogP contribution in [-0.4, -0.2) is 69.0 Å². The maximum absolute atomic E-state index is 11.9. The fourth-order valence-corrected chi connectivity index (χ4v) is 5.48. The van der Waals surface area contributed by atoms with Crippen molar-refractivity contribution in [2.75, 3.05) is 51.2 Å². The molecule has 1 saturated heterocycles. The van der Waals surface area contributed by atoms with E-state index in [9.17, 15) is 4.79 Å². The average molecular weight is 572 g/mol. The van der Waals surface area contributed by atoms with E-state index in [1.165, 1.54) is 18.9 Å². The van der Waals surface area contributed by atoms with Crippen LogP contribution in [0.3, 0.4) is 0 Å². The third kappa shape index (κ3) is 5.71. The number of carbonyl (C=O) groups is 1. The summed E-state index contributed by atoms with van der Waals surface area (Å²) in [5.74, 6) is 2.73. The first-order chi connectivity index (χ1) is 18.8. The molecule has 3 heterocycles. The van der Waals surface area contributed by atoms with Gasteiger partial charge in [0, 0.05) is 42.2 Å². The molecule has 0 radical (unpaired) electrons. The minimum Gasteiger partial charge on any atom is -0.495 e. The van der Waals surface area contributed by atoms with Crippen molar-refractivity contribution in [2.45, 2.75) is 24.9 Å². The topological polar surface area (TPSA) is 97.8 Å². The molecular weight excluding hydrogens is 541 g/mol. The summed E-state index contributed by atoms with van der Waals surface area (Å²) in [6, 6.07) is 5.22. The van der Waals surface area contributed by atoms with Crippen LogP contribution in [0.2, 0.25) is 10.0 Å². The van der Waals surface area contributed by atoms with Crippen LogP contribution in [0.1, 0.15) is 12.8 Å². The van der Waals surface area contributed by atoms with Crippen molar-refractivity contribution < 1.29 is 19.0 Å². The molecule has 206 valence electrons. The molecule has 0 unspecified atom stereocenters. The van der Waals surface area contributed by atoms with Gasteiger partial charge in [-0.05, 0) is 37.0 Å². The first kappa shape index (κ1) is 27.3. The number of hydrogen-bond acceptors (Lipinski definition) is 8. The van der Waals surface area contributed by atoms with Gasteiger partial charge in [0.2, 0.25) is 5.91 Å². The number of nitrogens with one attached hydrogen (secondary N) is 2. The minimum atomic E-state index is -0.240. The van der Waals surface area contributed by atoms with Gasteiger partial charge in [0.1, 0.15) is 23.1 Å². The lowest BCUT2D eigenvalue weighted by molar-refractivity contribution is -0.117. The van der Waals surface area contributed by atoms with Crippen LogP contribution in [0.4, 0.5) is 11.6 Å². The summed E-state index contributed by atoms with van der Waals surface area (Å²) in [7, 11) is 5.13. The number of halogens is 2. The fraction of sp³-hybridized carbons (Fsp3) is 0.393. The lowest BCUT2D eigenvalue weighted by Gasteiger charge is -2.23. The van der Waals surface area contributed by atoms with Crippen molar-refractivity contribution in [1.29, 1.82) is 0 Å². The monoisotopic (exact) mass is 571 g/mol. The Labute approximate surface area is 237 Å². The highest BCUT2D eigenvalue weighted by Crippen LogP contribution is 2.46. The van der Waals surface area contributed by atoms with E-state index in [1.807, 2.05) is 19.2 Å². The highest BCUT2D eigenvalue weighted by atomic mass is 35.5. The van der Waals surface area contributed by atoms with Gasteiger partial charge in [0.25, 0.3) is 0 Å². The first-order valence-corrected chi connectivity index (χ1v) is 13.5. The molecule has 2 aliphatic rings. The zero-order chi connectivity index (χ0) is 27.7. The van der Waals surface area contributed by atoms with Crippen LogP contribution in [-0.2, 0) is 9.53 Å². The molecule has 39 heavy (non-hydrogen) atoms. The van der Waals surface area contributed by atoms with Crippen molar-refractivity contribution >= 4 is 51.5 Å². The Hall–Kier alpha value is -3.27. The summed E-state index contributed by atoms with van der Waals surface area (Å²) in [6.45, 7) is 5.27. The van der Waals surface area contributed by atoms with Gasteiger partial charge in [0.15, 0.2) is 0 Å². The molecule has 3 aromatic rings. The van der Waals surface area contributed by atoms with E-state index < -0.39 is 0 Å². The van der Waals surface area contributed by atoms with Crippen LogP contribution >= 0.6 is 23.2 Å². The smallest absolute Gasteiger partial charge is 0.243 e. The van der Waals surface area contributed by atoms with Crippen molar-refractivity contribution in [3.63, 3.8) is 0 Å². The summed E-state index contributed by atoms with van der Waals surface area (Å²) >= 11 is 13.5. The maximum atomic E-state index is 11.9. The van der Waals surface area contributed by atoms with E-state index in [-0.39, 0.29) is 18.0 Å². The zero-order valence-corrected chi connectivity index (χ0v) is 23.6. The Kier molecular flexibility index (Phi) is 8.02. The fourth-order valence-electron chi connectivity index (χ4n) is 4.78. The third-order valence-corrected chi connectivity index (χ3v) is 7.79. The first-order valence-electron chi connectivity index (χ1n) is 12.7. The van der Waals surface area contributed by atoms with Gasteiger partial charge in [-0.3, -0.25) is 4.79 Å². The Bertz CT molecular complexity index is 1390. The molecule has 2 atom stereocenters. The molecule has 1 aromatic carbocycles. The van der Waals surface area contributed by atoms with E-state index in [0.29, 0.717) is 57.8 Å². The molecule has 1 saturated carbocycles. The lowest BCUT2D eigenvalue weighted by Crippen LogP contribution is -2.45. The summed E-state index contributed by atoms with van der Waals surface area (Å²) in [4.78, 5) is 23.7. The summed E-state index contributed by atoms with van der Waals surface area (Å²) in [5, 5.41) is 8.83. The Morgan fingerprint density at radius 1 is 1.15 bits per heavy atom. The number of hydrogen-bond donors (Lipinski definition) is 2. The molecule has 5 rings (SSSR count). The largest absolute Gasteiger partial charge is 0.495 e. The van der Waals surface area contributed by atoms with Crippen LogP contribution < -0.4 is 25.0 Å². The third-order valence-electron chi connectivity index (χ3n) is 7.04. The number of ether oxygens (including phenoxy) is 3. The molecule has 1 amide bonds. The van der Waals surface area contributed by atoms with Crippen molar-refractivity contribution in [3.8, 4) is 22.8 Å². The number of pyridine rings is 2. The van der Waals surface area contributed by atoms with Gasteiger partial charge in [-0.25, -0.2) is 9.97 Å². The van der Waals surface area contributed by atoms with Gasteiger partial charge in [-0.1, -0.05) is 29.8 Å². The molecule has 1 aliphatic carbocycles. The molecule has 2 N–H and O–H groups in total. The van der Waals surface area contributed by atoms with Gasteiger partial charge in [-0.2, -0.15) is 0 Å². The van der Waals surface area contributed by atoms with Crippen LogP contribution in [0.5, 0.6) is 11.5 Å². The van der Waals surface area contributed by atoms with Gasteiger partial charge >= 0.3 is 0 Å². The molecule has 0 spiro atoms. The quantitative estimate of drug-likeness (QED) is 0.330. The zero-order valence-electron chi connectivity index (χ0n) is 22.1. The SMILES string of the molecule is C=CC(=O)N[C@H]1COC[C@H]1Nc1cc2c(N(C)CC3CC3)nc(-c3c(Cl)c(OC)cc(OC)c3Cl)cc2cn1. The number of carbonyl (C=O) groups excluding carboxylic acids is 1. The normalized spacial score (nSPS) is 18.6. The Balaban J connectivity index is 1.57. The number of rotatable bonds is 10. The predicted molar refractivity (Wildman–Crippen MR) is 154 cm³/mol. The van der Waals surface area contributed by atoms with Gasteiger partial charge in [0.05, 0.1) is 55.3 Å². The van der Waals surface area contributed by atoms with Crippen LogP contribution in [0, 0.1) is 5.92 Å². The van der Waals surface area contributed by atoms with E-state index >= 15 is 0 Å². The van der Waals surface area contributed by atoms with E-state index in [4.69, 9.17) is 42.4 Å². The standard InChI is InChI=1S/C28H31Cl2N5O4/c1-5-24(36)33-20-14-39-13-19(20)32-23-9-17-16(11-31-23)8-18(34-28(17)35(2)12-15-6-7-15)25-26(29)21(37-3)10-22(38-4)27(25)30/h5,8-11,15,19-20H,1,6-7,12-14H2,2-4H3,(H,31,32)(H,33,36)/t19-,20+/m1/s1.